The molecule has 2 unspecified atom stereocenters. The Kier molecular flexibility index (Phi) is 6.74. The van der Waals surface area contributed by atoms with Crippen molar-refractivity contribution >= 4 is 11.8 Å². The molecule has 1 saturated carbocycles. The average molecular weight is 229 g/mol. The maximum atomic E-state index is 3.68. The minimum atomic E-state index is 0.720. The number of hydrogen-bond acceptors (Lipinski definition) is 2. The van der Waals surface area contributed by atoms with Crippen molar-refractivity contribution in [2.24, 2.45) is 11.8 Å². The fourth-order valence-electron chi connectivity index (χ4n) is 2.58. The predicted molar refractivity (Wildman–Crippen MR) is 71.6 cm³/mol. The largest absolute Gasteiger partial charge is 0.314 e. The molecule has 1 fully saturated rings. The van der Waals surface area contributed by atoms with Gasteiger partial charge in [0, 0.05) is 6.04 Å². The molecule has 1 aliphatic carbocycles. The minimum absolute atomic E-state index is 0.720. The van der Waals surface area contributed by atoms with Crippen molar-refractivity contribution in [2.75, 3.05) is 18.6 Å². The summed E-state index contributed by atoms with van der Waals surface area (Å²) in [6, 6.07) is 0.720. The molecule has 0 spiro atoms. The third kappa shape index (κ3) is 5.82. The van der Waals surface area contributed by atoms with Gasteiger partial charge in [-0.05, 0) is 43.7 Å². The SMILES string of the molecule is CSCC(C)CNC(C)CC1CCCC1. The maximum absolute atomic E-state index is 3.68. The van der Waals surface area contributed by atoms with Crippen molar-refractivity contribution in [3.63, 3.8) is 0 Å². The van der Waals surface area contributed by atoms with Crippen molar-refractivity contribution in [1.82, 2.24) is 5.32 Å². The smallest absolute Gasteiger partial charge is 0.00414 e. The van der Waals surface area contributed by atoms with Crippen LogP contribution in [0.2, 0.25) is 0 Å². The van der Waals surface area contributed by atoms with E-state index in [9.17, 15) is 0 Å². The zero-order chi connectivity index (χ0) is 11.1. The summed E-state index contributed by atoms with van der Waals surface area (Å²) in [7, 11) is 0. The lowest BCUT2D eigenvalue weighted by molar-refractivity contribution is 0.390. The zero-order valence-electron chi connectivity index (χ0n) is 10.6. The highest BCUT2D eigenvalue weighted by Gasteiger charge is 2.17. The lowest BCUT2D eigenvalue weighted by atomic mass is 9.99. The zero-order valence-corrected chi connectivity index (χ0v) is 11.4. The van der Waals surface area contributed by atoms with Crippen molar-refractivity contribution in [3.8, 4) is 0 Å². The van der Waals surface area contributed by atoms with Crippen LogP contribution in [0.3, 0.4) is 0 Å². The Labute approximate surface area is 99.8 Å². The summed E-state index contributed by atoms with van der Waals surface area (Å²) in [4.78, 5) is 0. The molecule has 0 amide bonds. The van der Waals surface area contributed by atoms with Gasteiger partial charge in [-0.1, -0.05) is 32.6 Å². The Morgan fingerprint density at radius 3 is 2.53 bits per heavy atom. The molecule has 0 heterocycles. The van der Waals surface area contributed by atoms with Crippen LogP contribution in [0.5, 0.6) is 0 Å². The van der Waals surface area contributed by atoms with E-state index < -0.39 is 0 Å². The highest BCUT2D eigenvalue weighted by atomic mass is 32.2. The molecular formula is C13H27NS. The standard InChI is InChI=1S/C13H27NS/c1-11(10-15-3)9-14-12(2)8-13-6-4-5-7-13/h11-14H,4-10H2,1-3H3. The summed E-state index contributed by atoms with van der Waals surface area (Å²) in [5.74, 6) is 3.11. The van der Waals surface area contributed by atoms with Crippen LogP contribution in [-0.2, 0) is 0 Å². The molecular weight excluding hydrogens is 202 g/mol. The predicted octanol–water partition coefficient (Wildman–Crippen LogP) is 3.54. The molecule has 15 heavy (non-hydrogen) atoms. The van der Waals surface area contributed by atoms with Gasteiger partial charge in [0.1, 0.15) is 0 Å². The first-order chi connectivity index (χ1) is 7.22. The van der Waals surface area contributed by atoms with Crippen LogP contribution in [0.25, 0.3) is 0 Å². The van der Waals surface area contributed by atoms with Crippen LogP contribution in [0, 0.1) is 11.8 Å². The summed E-state index contributed by atoms with van der Waals surface area (Å²) >= 11 is 1.95. The summed E-state index contributed by atoms with van der Waals surface area (Å²) in [5.41, 5.74) is 0. The molecule has 1 nitrogen and oxygen atoms in total. The molecule has 0 aliphatic heterocycles. The van der Waals surface area contributed by atoms with Crippen molar-refractivity contribution in [1.29, 1.82) is 0 Å². The van der Waals surface area contributed by atoms with Gasteiger partial charge >= 0.3 is 0 Å². The first kappa shape index (κ1) is 13.4. The number of hydrogen-bond donors (Lipinski definition) is 1. The lowest BCUT2D eigenvalue weighted by Gasteiger charge is -2.20. The second-order valence-electron chi connectivity index (χ2n) is 5.26. The fourth-order valence-corrected chi connectivity index (χ4v) is 3.26. The molecule has 0 saturated heterocycles. The third-order valence-electron chi connectivity index (χ3n) is 3.43. The molecule has 2 heteroatoms. The van der Waals surface area contributed by atoms with Crippen LogP contribution in [0.4, 0.5) is 0 Å². The van der Waals surface area contributed by atoms with E-state index in [1.165, 1.54) is 44.4 Å². The van der Waals surface area contributed by atoms with E-state index in [1.54, 1.807) is 0 Å². The van der Waals surface area contributed by atoms with E-state index in [4.69, 9.17) is 0 Å². The van der Waals surface area contributed by atoms with Crippen molar-refractivity contribution in [2.45, 2.75) is 52.0 Å². The molecule has 0 aromatic heterocycles. The van der Waals surface area contributed by atoms with Gasteiger partial charge in [-0.3, -0.25) is 0 Å². The molecule has 0 aromatic rings. The Morgan fingerprint density at radius 2 is 1.93 bits per heavy atom. The summed E-state index contributed by atoms with van der Waals surface area (Å²) in [6.07, 6.45) is 9.49. The molecule has 1 rings (SSSR count). The van der Waals surface area contributed by atoms with Crippen molar-refractivity contribution < 1.29 is 0 Å². The Balaban J connectivity index is 2.04. The highest BCUT2D eigenvalue weighted by molar-refractivity contribution is 7.98. The van der Waals surface area contributed by atoms with E-state index in [0.29, 0.717) is 0 Å². The molecule has 0 radical (unpaired) electrons. The van der Waals surface area contributed by atoms with Crippen LogP contribution >= 0.6 is 11.8 Å². The first-order valence-electron chi connectivity index (χ1n) is 6.44. The van der Waals surface area contributed by atoms with Gasteiger partial charge in [0.2, 0.25) is 0 Å². The maximum Gasteiger partial charge on any atom is 0.00414 e. The normalized spacial score (nSPS) is 21.8. The minimum Gasteiger partial charge on any atom is -0.314 e. The van der Waals surface area contributed by atoms with Gasteiger partial charge in [-0.15, -0.1) is 0 Å². The molecule has 1 aliphatic rings. The molecule has 90 valence electrons. The molecule has 0 bridgehead atoms. The molecule has 1 N–H and O–H groups in total. The average Bonchev–Trinajstić information content (AvgIpc) is 2.68. The van der Waals surface area contributed by atoms with Crippen LogP contribution in [0.1, 0.15) is 46.0 Å². The van der Waals surface area contributed by atoms with E-state index in [2.05, 4.69) is 25.4 Å². The summed E-state index contributed by atoms with van der Waals surface area (Å²) < 4.78 is 0. The van der Waals surface area contributed by atoms with Gasteiger partial charge in [0.05, 0.1) is 0 Å². The fraction of sp³-hybridized carbons (Fsp3) is 1.00. The topological polar surface area (TPSA) is 12.0 Å². The number of nitrogens with one attached hydrogen (secondary N) is 1. The first-order valence-corrected chi connectivity index (χ1v) is 7.84. The third-order valence-corrected chi connectivity index (χ3v) is 4.33. The highest BCUT2D eigenvalue weighted by Crippen LogP contribution is 2.28. The Morgan fingerprint density at radius 1 is 1.27 bits per heavy atom. The Bertz CT molecular complexity index is 155. The van der Waals surface area contributed by atoms with E-state index in [-0.39, 0.29) is 0 Å². The monoisotopic (exact) mass is 229 g/mol. The van der Waals surface area contributed by atoms with Gasteiger partial charge in [-0.2, -0.15) is 11.8 Å². The van der Waals surface area contributed by atoms with E-state index in [1.807, 2.05) is 11.8 Å². The van der Waals surface area contributed by atoms with Gasteiger partial charge in [0.25, 0.3) is 0 Å². The van der Waals surface area contributed by atoms with Crippen LogP contribution in [-0.4, -0.2) is 24.6 Å². The van der Waals surface area contributed by atoms with Gasteiger partial charge < -0.3 is 5.32 Å². The molecule has 2 atom stereocenters. The van der Waals surface area contributed by atoms with Crippen LogP contribution < -0.4 is 5.32 Å². The van der Waals surface area contributed by atoms with Crippen LogP contribution in [0.15, 0.2) is 0 Å². The summed E-state index contributed by atoms with van der Waals surface area (Å²) in [5, 5.41) is 3.68. The summed E-state index contributed by atoms with van der Waals surface area (Å²) in [6.45, 7) is 5.88. The van der Waals surface area contributed by atoms with E-state index >= 15 is 0 Å². The van der Waals surface area contributed by atoms with Crippen molar-refractivity contribution in [3.05, 3.63) is 0 Å². The molecule has 0 aromatic carbocycles. The Hall–Kier alpha value is 0.310. The van der Waals surface area contributed by atoms with E-state index in [0.717, 1.165) is 17.9 Å². The lowest BCUT2D eigenvalue weighted by Crippen LogP contribution is -2.32. The van der Waals surface area contributed by atoms with Gasteiger partial charge in [-0.25, -0.2) is 0 Å². The number of rotatable bonds is 7. The van der Waals surface area contributed by atoms with Gasteiger partial charge in [0.15, 0.2) is 0 Å². The second kappa shape index (κ2) is 7.56. The quantitative estimate of drug-likeness (QED) is 0.716. The number of thioether (sulfide) groups is 1. The second-order valence-corrected chi connectivity index (χ2v) is 6.17.